The lowest BCUT2D eigenvalue weighted by Gasteiger charge is -2.06. The number of nitro groups is 1. The van der Waals surface area contributed by atoms with Gasteiger partial charge in [0.25, 0.3) is 5.69 Å². The highest BCUT2D eigenvalue weighted by atomic mass is 19.4. The predicted octanol–water partition coefficient (Wildman–Crippen LogP) is 5.50. The quantitative estimate of drug-likeness (QED) is 0.454. The third-order valence-corrected chi connectivity index (χ3v) is 3.84. The summed E-state index contributed by atoms with van der Waals surface area (Å²) < 4.78 is 43.7. The molecule has 0 aliphatic rings. The molecule has 0 atom stereocenters. The third-order valence-electron chi connectivity index (χ3n) is 3.84. The van der Waals surface area contributed by atoms with Gasteiger partial charge in [-0.25, -0.2) is 4.98 Å². The predicted molar refractivity (Wildman–Crippen MR) is 88.4 cm³/mol. The number of hydrogen-bond acceptors (Lipinski definition) is 4. The largest absolute Gasteiger partial charge is 0.436 e. The summed E-state index contributed by atoms with van der Waals surface area (Å²) in [6, 6.07) is 10.5. The molecule has 0 bridgehead atoms. The molecule has 0 unspecified atom stereocenters. The number of nitrogens with zero attached hydrogens (tertiary/aromatic N) is 2. The Bertz CT molecular complexity index is 947. The van der Waals surface area contributed by atoms with E-state index in [1.54, 1.807) is 18.2 Å². The number of nitro benzene ring substituents is 1. The van der Waals surface area contributed by atoms with E-state index in [0.29, 0.717) is 17.7 Å². The van der Waals surface area contributed by atoms with E-state index in [4.69, 9.17) is 4.42 Å². The van der Waals surface area contributed by atoms with Crippen molar-refractivity contribution >= 4 is 5.69 Å². The zero-order chi connectivity index (χ0) is 18.9. The van der Waals surface area contributed by atoms with Crippen molar-refractivity contribution in [3.05, 3.63) is 69.9 Å². The van der Waals surface area contributed by atoms with Gasteiger partial charge in [0.15, 0.2) is 5.76 Å². The Labute approximate surface area is 146 Å². The van der Waals surface area contributed by atoms with E-state index in [1.807, 2.05) is 6.92 Å². The van der Waals surface area contributed by atoms with Crippen molar-refractivity contribution in [2.45, 2.75) is 19.5 Å². The third kappa shape index (κ3) is 3.30. The summed E-state index contributed by atoms with van der Waals surface area (Å²) in [5.41, 5.74) is 0.228. The normalized spacial score (nSPS) is 11.5. The standard InChI is InChI=1S/C18H13F3N2O3/c1-2-14-16(13-5-3-4-6-15(13)23(24)25)26-17(22-14)11-7-9-12(10-8-11)18(19,20)21/h3-10H,2H2,1H3. The van der Waals surface area contributed by atoms with Gasteiger partial charge in [-0.2, -0.15) is 13.2 Å². The van der Waals surface area contributed by atoms with Gasteiger partial charge in [-0.05, 0) is 36.8 Å². The van der Waals surface area contributed by atoms with Crippen molar-refractivity contribution < 1.29 is 22.5 Å². The van der Waals surface area contributed by atoms with Gasteiger partial charge in [0.1, 0.15) is 0 Å². The number of rotatable bonds is 4. The van der Waals surface area contributed by atoms with Crippen LogP contribution in [0.25, 0.3) is 22.8 Å². The van der Waals surface area contributed by atoms with Gasteiger partial charge in [0.05, 0.1) is 21.7 Å². The van der Waals surface area contributed by atoms with Crippen LogP contribution in [-0.2, 0) is 12.6 Å². The second-order valence-corrected chi connectivity index (χ2v) is 5.50. The summed E-state index contributed by atoms with van der Waals surface area (Å²) in [6.45, 7) is 1.81. The zero-order valence-electron chi connectivity index (χ0n) is 13.6. The highest BCUT2D eigenvalue weighted by Gasteiger charge is 2.30. The van der Waals surface area contributed by atoms with E-state index in [2.05, 4.69) is 4.98 Å². The van der Waals surface area contributed by atoms with Gasteiger partial charge in [-0.15, -0.1) is 0 Å². The number of para-hydroxylation sites is 1. The highest BCUT2D eigenvalue weighted by Crippen LogP contribution is 2.36. The van der Waals surface area contributed by atoms with Gasteiger partial charge >= 0.3 is 6.18 Å². The summed E-state index contributed by atoms with van der Waals surface area (Å²) in [5.74, 6) is 0.360. The first kappa shape index (κ1) is 17.7. The number of oxazole rings is 1. The van der Waals surface area contributed by atoms with E-state index in [9.17, 15) is 23.3 Å². The highest BCUT2D eigenvalue weighted by molar-refractivity contribution is 5.72. The van der Waals surface area contributed by atoms with Crippen LogP contribution in [0.2, 0.25) is 0 Å². The Balaban J connectivity index is 2.07. The Hall–Kier alpha value is -3.16. The summed E-state index contributed by atoms with van der Waals surface area (Å²) in [6.07, 6.45) is -3.98. The van der Waals surface area contributed by atoms with Crippen molar-refractivity contribution in [2.24, 2.45) is 0 Å². The van der Waals surface area contributed by atoms with Gasteiger partial charge in [-0.1, -0.05) is 19.1 Å². The molecule has 0 N–H and O–H groups in total. The molecule has 1 heterocycles. The maximum Gasteiger partial charge on any atom is 0.416 e. The van der Waals surface area contributed by atoms with Crippen LogP contribution in [0.1, 0.15) is 18.2 Å². The maximum absolute atomic E-state index is 12.7. The van der Waals surface area contributed by atoms with Crippen molar-refractivity contribution in [1.82, 2.24) is 4.98 Å². The summed E-state index contributed by atoms with van der Waals surface area (Å²) in [4.78, 5) is 15.0. The molecule has 8 heteroatoms. The van der Waals surface area contributed by atoms with E-state index >= 15 is 0 Å². The van der Waals surface area contributed by atoms with Crippen molar-refractivity contribution in [3.8, 4) is 22.8 Å². The first-order valence-corrected chi connectivity index (χ1v) is 7.72. The Kier molecular flexibility index (Phi) is 4.50. The maximum atomic E-state index is 12.7. The lowest BCUT2D eigenvalue weighted by Crippen LogP contribution is -2.03. The van der Waals surface area contributed by atoms with Crippen molar-refractivity contribution in [1.29, 1.82) is 0 Å². The smallest absolute Gasteiger partial charge is 0.416 e. The molecular weight excluding hydrogens is 349 g/mol. The first-order chi connectivity index (χ1) is 12.3. The average Bonchev–Trinajstić information content (AvgIpc) is 3.05. The van der Waals surface area contributed by atoms with Gasteiger partial charge in [0, 0.05) is 11.6 Å². The molecule has 3 aromatic rings. The lowest BCUT2D eigenvalue weighted by molar-refractivity contribution is -0.384. The summed E-state index contributed by atoms with van der Waals surface area (Å²) in [7, 11) is 0. The molecule has 0 aliphatic heterocycles. The fourth-order valence-corrected chi connectivity index (χ4v) is 2.55. The van der Waals surface area contributed by atoms with Crippen LogP contribution in [0, 0.1) is 10.1 Å². The minimum atomic E-state index is -4.43. The van der Waals surface area contributed by atoms with Crippen LogP contribution < -0.4 is 0 Å². The zero-order valence-corrected chi connectivity index (χ0v) is 13.6. The van der Waals surface area contributed by atoms with Gasteiger partial charge in [-0.3, -0.25) is 10.1 Å². The van der Waals surface area contributed by atoms with E-state index in [-0.39, 0.29) is 22.9 Å². The molecule has 3 rings (SSSR count). The average molecular weight is 362 g/mol. The van der Waals surface area contributed by atoms with Crippen molar-refractivity contribution in [2.75, 3.05) is 0 Å². The minimum Gasteiger partial charge on any atom is -0.436 e. The van der Waals surface area contributed by atoms with Crippen LogP contribution >= 0.6 is 0 Å². The monoisotopic (exact) mass is 362 g/mol. The Morgan fingerprint density at radius 2 is 1.77 bits per heavy atom. The second-order valence-electron chi connectivity index (χ2n) is 5.50. The van der Waals surface area contributed by atoms with Crippen molar-refractivity contribution in [3.63, 3.8) is 0 Å². The van der Waals surface area contributed by atoms with Crippen LogP contribution in [-0.4, -0.2) is 9.91 Å². The van der Waals surface area contributed by atoms with Crippen LogP contribution in [0.3, 0.4) is 0 Å². The number of hydrogen-bond donors (Lipinski definition) is 0. The molecule has 0 saturated carbocycles. The van der Waals surface area contributed by atoms with Gasteiger partial charge in [0.2, 0.25) is 5.89 Å². The molecule has 0 fully saturated rings. The molecule has 5 nitrogen and oxygen atoms in total. The van der Waals surface area contributed by atoms with Crippen LogP contribution in [0.15, 0.2) is 52.9 Å². The molecule has 26 heavy (non-hydrogen) atoms. The fraction of sp³-hybridized carbons (Fsp3) is 0.167. The minimum absolute atomic E-state index is 0.115. The molecule has 1 aromatic heterocycles. The SMILES string of the molecule is CCc1nc(-c2ccc(C(F)(F)F)cc2)oc1-c1ccccc1[N+](=O)[O-]. The van der Waals surface area contributed by atoms with E-state index < -0.39 is 16.7 Å². The molecule has 2 aromatic carbocycles. The summed E-state index contributed by atoms with van der Waals surface area (Å²) >= 11 is 0. The molecule has 0 saturated heterocycles. The number of aromatic nitrogens is 1. The molecule has 0 spiro atoms. The second kappa shape index (κ2) is 6.62. The molecule has 0 amide bonds. The Morgan fingerprint density at radius 1 is 1.12 bits per heavy atom. The van der Waals surface area contributed by atoms with E-state index in [0.717, 1.165) is 12.1 Å². The first-order valence-electron chi connectivity index (χ1n) is 7.72. The fourth-order valence-electron chi connectivity index (χ4n) is 2.55. The number of aryl methyl sites for hydroxylation is 1. The molecular formula is C18H13F3N2O3. The lowest BCUT2D eigenvalue weighted by atomic mass is 10.1. The molecule has 134 valence electrons. The number of halogens is 3. The summed E-state index contributed by atoms with van der Waals surface area (Å²) in [5, 5.41) is 11.2. The molecule has 0 aliphatic carbocycles. The van der Waals surface area contributed by atoms with Crippen LogP contribution in [0.4, 0.5) is 18.9 Å². The Morgan fingerprint density at radius 3 is 2.35 bits per heavy atom. The molecule has 0 radical (unpaired) electrons. The topological polar surface area (TPSA) is 69.2 Å². The van der Waals surface area contributed by atoms with Gasteiger partial charge < -0.3 is 4.42 Å². The van der Waals surface area contributed by atoms with Crippen LogP contribution in [0.5, 0.6) is 0 Å². The van der Waals surface area contributed by atoms with E-state index in [1.165, 1.54) is 18.2 Å². The number of benzene rings is 2. The number of alkyl halides is 3.